The van der Waals surface area contributed by atoms with Crippen molar-refractivity contribution in [2.45, 2.75) is 12.5 Å². The molecule has 0 bridgehead atoms. The SMILES string of the molecule is CNC(=O)NC(=O)[C@@H](OC(=O)Cc1cc(OC)c(OC)c(OC)c1)c1ccccc1. The van der Waals surface area contributed by atoms with Crippen LogP contribution in [0.4, 0.5) is 4.79 Å². The molecule has 0 unspecified atom stereocenters. The van der Waals surface area contributed by atoms with Gasteiger partial charge in [0.1, 0.15) is 0 Å². The molecule has 30 heavy (non-hydrogen) atoms. The Morgan fingerprint density at radius 2 is 1.53 bits per heavy atom. The molecular weight excluding hydrogens is 392 g/mol. The minimum Gasteiger partial charge on any atom is -0.493 e. The van der Waals surface area contributed by atoms with Crippen LogP contribution in [0.3, 0.4) is 0 Å². The molecule has 0 fully saturated rings. The summed E-state index contributed by atoms with van der Waals surface area (Å²) in [6.45, 7) is 0. The van der Waals surface area contributed by atoms with E-state index >= 15 is 0 Å². The van der Waals surface area contributed by atoms with E-state index in [1.165, 1.54) is 28.4 Å². The molecular formula is C21H24N2O7. The molecule has 9 heteroatoms. The highest BCUT2D eigenvalue weighted by molar-refractivity contribution is 5.97. The molecule has 3 amide bonds. The van der Waals surface area contributed by atoms with Gasteiger partial charge in [-0.05, 0) is 17.7 Å². The van der Waals surface area contributed by atoms with Gasteiger partial charge in [0, 0.05) is 12.6 Å². The van der Waals surface area contributed by atoms with Gasteiger partial charge < -0.3 is 24.3 Å². The summed E-state index contributed by atoms with van der Waals surface area (Å²) in [5, 5.41) is 4.41. The van der Waals surface area contributed by atoms with Gasteiger partial charge in [-0.1, -0.05) is 30.3 Å². The smallest absolute Gasteiger partial charge is 0.321 e. The van der Waals surface area contributed by atoms with Gasteiger partial charge in [-0.25, -0.2) is 4.79 Å². The van der Waals surface area contributed by atoms with Crippen LogP contribution >= 0.6 is 0 Å². The Morgan fingerprint density at radius 1 is 0.933 bits per heavy atom. The predicted octanol–water partition coefficient (Wildman–Crippen LogP) is 1.99. The first-order chi connectivity index (χ1) is 14.4. The first-order valence-corrected chi connectivity index (χ1v) is 8.99. The van der Waals surface area contributed by atoms with E-state index < -0.39 is 24.0 Å². The summed E-state index contributed by atoms with van der Waals surface area (Å²) in [4.78, 5) is 36.6. The van der Waals surface area contributed by atoms with Crippen LogP contribution in [0, 0.1) is 0 Å². The second-order valence-corrected chi connectivity index (χ2v) is 6.06. The number of rotatable bonds is 8. The zero-order chi connectivity index (χ0) is 22.1. The number of carbonyl (C=O) groups is 3. The second kappa shape index (κ2) is 10.7. The van der Waals surface area contributed by atoms with E-state index in [0.29, 0.717) is 28.4 Å². The third kappa shape index (κ3) is 5.63. The van der Waals surface area contributed by atoms with Crippen molar-refractivity contribution in [3.63, 3.8) is 0 Å². The fourth-order valence-corrected chi connectivity index (χ4v) is 2.72. The number of nitrogens with one attached hydrogen (secondary N) is 2. The van der Waals surface area contributed by atoms with E-state index in [1.807, 2.05) is 0 Å². The minimum absolute atomic E-state index is 0.159. The average Bonchev–Trinajstić information content (AvgIpc) is 2.76. The molecule has 0 aliphatic heterocycles. The zero-order valence-electron chi connectivity index (χ0n) is 17.2. The number of urea groups is 1. The van der Waals surface area contributed by atoms with Crippen LogP contribution in [0.5, 0.6) is 17.2 Å². The molecule has 2 rings (SSSR count). The fraction of sp³-hybridized carbons (Fsp3) is 0.286. The minimum atomic E-state index is -1.29. The highest BCUT2D eigenvalue weighted by atomic mass is 16.5. The summed E-state index contributed by atoms with van der Waals surface area (Å²) >= 11 is 0. The van der Waals surface area contributed by atoms with E-state index in [1.54, 1.807) is 42.5 Å². The standard InChI is InChI=1S/C21H24N2O7/c1-22-21(26)23-20(25)18(14-8-6-5-7-9-14)30-17(24)12-13-10-15(27-2)19(29-4)16(11-13)28-3/h5-11,18H,12H2,1-4H3,(H2,22,23,25,26)/t18-/m0/s1. The first kappa shape index (κ1) is 22.5. The monoisotopic (exact) mass is 416 g/mol. The van der Waals surface area contributed by atoms with Gasteiger partial charge in [-0.3, -0.25) is 14.9 Å². The summed E-state index contributed by atoms with van der Waals surface area (Å²) in [5.74, 6) is -0.276. The normalized spacial score (nSPS) is 11.1. The van der Waals surface area contributed by atoms with Crippen LogP contribution in [0.25, 0.3) is 0 Å². The Balaban J connectivity index is 2.24. The van der Waals surface area contributed by atoms with Crippen molar-refractivity contribution in [3.05, 3.63) is 53.6 Å². The third-order valence-corrected chi connectivity index (χ3v) is 4.13. The number of amides is 3. The molecule has 1 atom stereocenters. The summed E-state index contributed by atoms with van der Waals surface area (Å²) in [5.41, 5.74) is 0.963. The second-order valence-electron chi connectivity index (χ2n) is 6.06. The number of benzene rings is 2. The van der Waals surface area contributed by atoms with Gasteiger partial charge in [-0.15, -0.1) is 0 Å². The molecule has 2 aromatic rings. The lowest BCUT2D eigenvalue weighted by molar-refractivity contribution is -0.155. The van der Waals surface area contributed by atoms with Gasteiger partial charge in [0.25, 0.3) is 5.91 Å². The lowest BCUT2D eigenvalue weighted by atomic mass is 10.1. The zero-order valence-corrected chi connectivity index (χ0v) is 17.2. The highest BCUT2D eigenvalue weighted by Gasteiger charge is 2.27. The summed E-state index contributed by atoms with van der Waals surface area (Å²) in [6.07, 6.45) is -1.45. The number of hydrogen-bond donors (Lipinski definition) is 2. The molecule has 0 aliphatic carbocycles. The number of hydrogen-bond acceptors (Lipinski definition) is 7. The molecule has 0 radical (unpaired) electrons. The number of methoxy groups -OCH3 is 3. The maximum atomic E-state index is 12.6. The van der Waals surface area contributed by atoms with Crippen molar-refractivity contribution in [2.24, 2.45) is 0 Å². The summed E-state index contributed by atoms with van der Waals surface area (Å²) in [6, 6.07) is 10.9. The van der Waals surface area contributed by atoms with Gasteiger partial charge >= 0.3 is 12.0 Å². The lowest BCUT2D eigenvalue weighted by Crippen LogP contribution is -2.41. The van der Waals surface area contributed by atoms with Crippen LogP contribution in [-0.2, 0) is 20.7 Å². The van der Waals surface area contributed by atoms with E-state index in [-0.39, 0.29) is 6.42 Å². The maximum Gasteiger partial charge on any atom is 0.321 e. The molecule has 0 spiro atoms. The molecule has 2 N–H and O–H groups in total. The van der Waals surface area contributed by atoms with Gasteiger partial charge in [0.05, 0.1) is 27.8 Å². The number of carbonyl (C=O) groups excluding carboxylic acids is 3. The quantitative estimate of drug-likeness (QED) is 0.633. The van der Waals surface area contributed by atoms with Crippen molar-refractivity contribution in [1.29, 1.82) is 0 Å². The van der Waals surface area contributed by atoms with E-state index in [2.05, 4.69) is 10.6 Å². The molecule has 0 saturated carbocycles. The molecule has 2 aromatic carbocycles. The molecule has 0 aromatic heterocycles. The fourth-order valence-electron chi connectivity index (χ4n) is 2.72. The van der Waals surface area contributed by atoms with Crippen LogP contribution in [0.1, 0.15) is 17.2 Å². The van der Waals surface area contributed by atoms with Gasteiger partial charge in [0.2, 0.25) is 11.9 Å². The Morgan fingerprint density at radius 3 is 2.03 bits per heavy atom. The number of esters is 1. The van der Waals surface area contributed by atoms with E-state index in [9.17, 15) is 14.4 Å². The number of ether oxygens (including phenoxy) is 4. The molecule has 9 nitrogen and oxygen atoms in total. The molecule has 0 saturated heterocycles. The lowest BCUT2D eigenvalue weighted by Gasteiger charge is -2.18. The van der Waals surface area contributed by atoms with Crippen LogP contribution < -0.4 is 24.8 Å². The van der Waals surface area contributed by atoms with Crippen molar-refractivity contribution in [1.82, 2.24) is 10.6 Å². The van der Waals surface area contributed by atoms with Crippen molar-refractivity contribution in [2.75, 3.05) is 28.4 Å². The largest absolute Gasteiger partial charge is 0.493 e. The molecule has 160 valence electrons. The van der Waals surface area contributed by atoms with Gasteiger partial charge in [-0.2, -0.15) is 0 Å². The van der Waals surface area contributed by atoms with Crippen LogP contribution in [0.15, 0.2) is 42.5 Å². The van der Waals surface area contributed by atoms with Crippen molar-refractivity contribution < 1.29 is 33.3 Å². The number of imide groups is 1. The Bertz CT molecular complexity index is 874. The Kier molecular flexibility index (Phi) is 8.04. The van der Waals surface area contributed by atoms with E-state index in [0.717, 1.165) is 0 Å². The van der Waals surface area contributed by atoms with Crippen molar-refractivity contribution in [3.8, 4) is 17.2 Å². The Labute approximate surface area is 174 Å². The van der Waals surface area contributed by atoms with Crippen LogP contribution in [0.2, 0.25) is 0 Å². The topological polar surface area (TPSA) is 112 Å². The molecule has 0 heterocycles. The van der Waals surface area contributed by atoms with Gasteiger partial charge in [0.15, 0.2) is 11.5 Å². The summed E-state index contributed by atoms with van der Waals surface area (Å²) in [7, 11) is 5.78. The third-order valence-electron chi connectivity index (χ3n) is 4.13. The van der Waals surface area contributed by atoms with E-state index in [4.69, 9.17) is 18.9 Å². The Hall–Kier alpha value is -3.75. The first-order valence-electron chi connectivity index (χ1n) is 8.99. The molecule has 0 aliphatic rings. The maximum absolute atomic E-state index is 12.6. The predicted molar refractivity (Wildman–Crippen MR) is 108 cm³/mol. The summed E-state index contributed by atoms with van der Waals surface area (Å²) < 4.78 is 21.2. The van der Waals surface area contributed by atoms with Crippen molar-refractivity contribution >= 4 is 17.9 Å². The van der Waals surface area contributed by atoms with Crippen LogP contribution in [-0.4, -0.2) is 46.3 Å². The average molecular weight is 416 g/mol. The highest BCUT2D eigenvalue weighted by Crippen LogP contribution is 2.38.